The zero-order chi connectivity index (χ0) is 15.1. The Labute approximate surface area is 128 Å². The van der Waals surface area contributed by atoms with Crippen LogP contribution in [0.4, 0.5) is 5.95 Å². The number of halogens is 1. The number of carbonyl (C=O) groups is 1. The lowest BCUT2D eigenvalue weighted by atomic mass is 10.2. The van der Waals surface area contributed by atoms with E-state index < -0.39 is 0 Å². The summed E-state index contributed by atoms with van der Waals surface area (Å²) < 4.78 is 0. The molecule has 0 aliphatic carbocycles. The summed E-state index contributed by atoms with van der Waals surface area (Å²) in [4.78, 5) is 19.9. The fourth-order valence-corrected chi connectivity index (χ4v) is 1.71. The minimum Gasteiger partial charge on any atom is -0.350 e. The molecule has 0 bridgehead atoms. The van der Waals surface area contributed by atoms with Crippen molar-refractivity contribution in [3.63, 3.8) is 0 Å². The van der Waals surface area contributed by atoms with Gasteiger partial charge in [-0.05, 0) is 17.7 Å². The molecule has 2 rings (SSSR count). The van der Waals surface area contributed by atoms with Gasteiger partial charge in [0.15, 0.2) is 0 Å². The molecule has 1 heterocycles. The average molecular weight is 303 g/mol. The van der Waals surface area contributed by atoms with Gasteiger partial charge < -0.3 is 10.6 Å². The summed E-state index contributed by atoms with van der Waals surface area (Å²) in [6.07, 6.45) is 4.58. The van der Waals surface area contributed by atoms with Gasteiger partial charge >= 0.3 is 0 Å². The van der Waals surface area contributed by atoms with Gasteiger partial charge in [-0.3, -0.25) is 4.79 Å². The van der Waals surface area contributed by atoms with Crippen molar-refractivity contribution in [2.75, 3.05) is 11.9 Å². The molecule has 108 valence electrons. The SMILES string of the molecule is C=CCNC(=O)c1cnc(NCc2ccc(Cl)cc2)nc1. The number of rotatable bonds is 6. The molecule has 0 aliphatic rings. The molecule has 1 amide bonds. The van der Waals surface area contributed by atoms with Gasteiger partial charge in [0, 0.05) is 30.5 Å². The molecular formula is C15H15ClN4O. The third kappa shape index (κ3) is 4.57. The zero-order valence-electron chi connectivity index (χ0n) is 11.3. The second-order valence-corrected chi connectivity index (χ2v) is 4.71. The van der Waals surface area contributed by atoms with Crippen LogP contribution in [0.5, 0.6) is 0 Å². The van der Waals surface area contributed by atoms with E-state index in [-0.39, 0.29) is 5.91 Å². The molecule has 6 heteroatoms. The highest BCUT2D eigenvalue weighted by molar-refractivity contribution is 6.30. The first-order chi connectivity index (χ1) is 10.2. The minimum absolute atomic E-state index is 0.223. The van der Waals surface area contributed by atoms with E-state index >= 15 is 0 Å². The summed E-state index contributed by atoms with van der Waals surface area (Å²) in [5.74, 6) is 0.240. The first kappa shape index (κ1) is 15.0. The summed E-state index contributed by atoms with van der Waals surface area (Å²) in [7, 11) is 0. The molecule has 0 spiro atoms. The topological polar surface area (TPSA) is 66.9 Å². The van der Waals surface area contributed by atoms with Crippen molar-refractivity contribution in [2.45, 2.75) is 6.54 Å². The minimum atomic E-state index is -0.223. The number of hydrogen-bond donors (Lipinski definition) is 2. The van der Waals surface area contributed by atoms with Crippen molar-refractivity contribution < 1.29 is 4.79 Å². The van der Waals surface area contributed by atoms with Gasteiger partial charge in [-0.15, -0.1) is 6.58 Å². The van der Waals surface area contributed by atoms with E-state index in [0.717, 1.165) is 5.56 Å². The van der Waals surface area contributed by atoms with Crippen molar-refractivity contribution in [1.29, 1.82) is 0 Å². The van der Waals surface area contributed by atoms with Crippen LogP contribution in [0.25, 0.3) is 0 Å². The summed E-state index contributed by atoms with van der Waals surface area (Å²) in [6, 6.07) is 7.50. The number of anilines is 1. The molecule has 1 aromatic heterocycles. The van der Waals surface area contributed by atoms with Gasteiger partial charge in [-0.2, -0.15) is 0 Å². The molecule has 0 radical (unpaired) electrons. The Morgan fingerprint density at radius 2 is 1.90 bits per heavy atom. The van der Waals surface area contributed by atoms with Gasteiger partial charge in [0.05, 0.1) is 5.56 Å². The monoisotopic (exact) mass is 302 g/mol. The smallest absolute Gasteiger partial charge is 0.254 e. The maximum absolute atomic E-state index is 11.7. The maximum atomic E-state index is 11.7. The van der Waals surface area contributed by atoms with E-state index in [1.165, 1.54) is 12.4 Å². The zero-order valence-corrected chi connectivity index (χ0v) is 12.1. The fraction of sp³-hybridized carbons (Fsp3) is 0.133. The summed E-state index contributed by atoms with van der Waals surface area (Å²) in [5.41, 5.74) is 1.48. The fourth-order valence-electron chi connectivity index (χ4n) is 1.59. The van der Waals surface area contributed by atoms with Crippen LogP contribution in [0.2, 0.25) is 5.02 Å². The van der Waals surface area contributed by atoms with Crippen molar-refractivity contribution in [1.82, 2.24) is 15.3 Å². The van der Waals surface area contributed by atoms with E-state index in [9.17, 15) is 4.79 Å². The highest BCUT2D eigenvalue weighted by Crippen LogP contribution is 2.10. The lowest BCUT2D eigenvalue weighted by Crippen LogP contribution is -2.23. The summed E-state index contributed by atoms with van der Waals surface area (Å²) >= 11 is 5.82. The van der Waals surface area contributed by atoms with Crippen LogP contribution in [0.1, 0.15) is 15.9 Å². The number of carbonyl (C=O) groups excluding carboxylic acids is 1. The standard InChI is InChI=1S/C15H15ClN4O/c1-2-7-17-14(21)12-9-19-15(20-10-12)18-8-11-3-5-13(16)6-4-11/h2-6,9-10H,1,7-8H2,(H,17,21)(H,18,19,20). The molecule has 0 aliphatic heterocycles. The molecule has 0 atom stereocenters. The second kappa shape index (κ2) is 7.40. The Morgan fingerprint density at radius 1 is 1.24 bits per heavy atom. The Hall–Kier alpha value is -2.40. The predicted molar refractivity (Wildman–Crippen MR) is 83.3 cm³/mol. The van der Waals surface area contributed by atoms with Gasteiger partial charge in [0.1, 0.15) is 0 Å². The number of nitrogens with zero attached hydrogens (tertiary/aromatic N) is 2. The average Bonchev–Trinajstić information content (AvgIpc) is 2.52. The third-order valence-corrected chi connectivity index (χ3v) is 2.94. The van der Waals surface area contributed by atoms with Crippen LogP contribution < -0.4 is 10.6 Å². The Morgan fingerprint density at radius 3 is 2.52 bits per heavy atom. The largest absolute Gasteiger partial charge is 0.350 e. The Balaban J connectivity index is 1.91. The quantitative estimate of drug-likeness (QED) is 0.805. The number of benzene rings is 1. The van der Waals surface area contributed by atoms with Crippen LogP contribution in [0.3, 0.4) is 0 Å². The van der Waals surface area contributed by atoms with Crippen molar-refractivity contribution in [2.24, 2.45) is 0 Å². The summed E-state index contributed by atoms with van der Waals surface area (Å²) in [6.45, 7) is 4.53. The summed E-state index contributed by atoms with van der Waals surface area (Å²) in [5, 5.41) is 6.44. The highest BCUT2D eigenvalue weighted by Gasteiger charge is 2.05. The lowest BCUT2D eigenvalue weighted by molar-refractivity contribution is 0.0957. The molecule has 21 heavy (non-hydrogen) atoms. The number of aromatic nitrogens is 2. The predicted octanol–water partition coefficient (Wildman–Crippen LogP) is 2.66. The molecule has 0 saturated carbocycles. The molecule has 1 aromatic carbocycles. The molecule has 0 saturated heterocycles. The van der Waals surface area contributed by atoms with Crippen molar-refractivity contribution in [3.8, 4) is 0 Å². The molecule has 0 fully saturated rings. The molecule has 0 unspecified atom stereocenters. The van der Waals surface area contributed by atoms with E-state index in [2.05, 4.69) is 27.2 Å². The van der Waals surface area contributed by atoms with E-state index in [0.29, 0.717) is 29.6 Å². The number of amides is 1. The molecule has 5 nitrogen and oxygen atoms in total. The molecule has 2 aromatic rings. The second-order valence-electron chi connectivity index (χ2n) is 4.27. The van der Waals surface area contributed by atoms with Gasteiger partial charge in [-0.25, -0.2) is 9.97 Å². The van der Waals surface area contributed by atoms with Crippen LogP contribution >= 0.6 is 11.6 Å². The molecular weight excluding hydrogens is 288 g/mol. The lowest BCUT2D eigenvalue weighted by Gasteiger charge is -2.06. The van der Waals surface area contributed by atoms with E-state index in [4.69, 9.17) is 11.6 Å². The highest BCUT2D eigenvalue weighted by atomic mass is 35.5. The Bertz CT molecular complexity index is 611. The number of nitrogens with one attached hydrogen (secondary N) is 2. The molecule has 2 N–H and O–H groups in total. The van der Waals surface area contributed by atoms with Crippen LogP contribution in [-0.4, -0.2) is 22.4 Å². The van der Waals surface area contributed by atoms with Gasteiger partial charge in [0.2, 0.25) is 5.95 Å². The first-order valence-electron chi connectivity index (χ1n) is 6.38. The first-order valence-corrected chi connectivity index (χ1v) is 6.76. The van der Waals surface area contributed by atoms with E-state index in [1.807, 2.05) is 24.3 Å². The van der Waals surface area contributed by atoms with Crippen molar-refractivity contribution >= 4 is 23.5 Å². The van der Waals surface area contributed by atoms with Gasteiger partial charge in [0.25, 0.3) is 5.91 Å². The number of hydrogen-bond acceptors (Lipinski definition) is 4. The maximum Gasteiger partial charge on any atom is 0.254 e. The van der Waals surface area contributed by atoms with Crippen LogP contribution in [0.15, 0.2) is 49.3 Å². The van der Waals surface area contributed by atoms with Crippen molar-refractivity contribution in [3.05, 3.63) is 65.5 Å². The normalized spacial score (nSPS) is 9.95. The van der Waals surface area contributed by atoms with Crippen LogP contribution in [0, 0.1) is 0 Å². The third-order valence-electron chi connectivity index (χ3n) is 2.68. The van der Waals surface area contributed by atoms with Crippen LogP contribution in [-0.2, 0) is 6.54 Å². The van der Waals surface area contributed by atoms with Gasteiger partial charge in [-0.1, -0.05) is 29.8 Å². The van der Waals surface area contributed by atoms with E-state index in [1.54, 1.807) is 6.08 Å². The Kier molecular flexibility index (Phi) is 5.29.